The number of halogens is 1. The predicted molar refractivity (Wildman–Crippen MR) is 70.9 cm³/mol. The molecule has 0 saturated heterocycles. The second kappa shape index (κ2) is 5.16. The van der Waals surface area contributed by atoms with E-state index in [0.29, 0.717) is 15.8 Å². The van der Waals surface area contributed by atoms with Crippen molar-refractivity contribution in [3.8, 4) is 0 Å². The molecule has 0 atom stereocenters. The second-order valence-electron chi connectivity index (χ2n) is 3.37. The van der Waals surface area contributed by atoms with Crippen molar-refractivity contribution in [2.24, 2.45) is 0 Å². The van der Waals surface area contributed by atoms with E-state index < -0.39 is 0 Å². The highest BCUT2D eigenvalue weighted by atomic mass is 35.5. The summed E-state index contributed by atoms with van der Waals surface area (Å²) in [6, 6.07) is 6.62. The van der Waals surface area contributed by atoms with Crippen molar-refractivity contribution in [1.29, 1.82) is 0 Å². The Hall–Kier alpha value is -1.59. The van der Waals surface area contributed by atoms with Gasteiger partial charge in [-0.1, -0.05) is 17.7 Å². The average Bonchev–Trinajstić information content (AvgIpc) is 2.63. The molecule has 0 fully saturated rings. The molecule has 17 heavy (non-hydrogen) atoms. The van der Waals surface area contributed by atoms with Crippen LogP contribution in [0.2, 0.25) is 5.02 Å². The van der Waals surface area contributed by atoms with Crippen LogP contribution in [-0.2, 0) is 0 Å². The maximum atomic E-state index is 11.6. The molecule has 2 rings (SSSR count). The van der Waals surface area contributed by atoms with E-state index in [1.165, 1.54) is 11.3 Å². The quantitative estimate of drug-likeness (QED) is 0.871. The van der Waals surface area contributed by atoms with Gasteiger partial charge < -0.3 is 5.32 Å². The molecule has 0 aliphatic carbocycles. The largest absolute Gasteiger partial charge is 0.325 e. The summed E-state index contributed by atoms with van der Waals surface area (Å²) in [5.74, 6) is 0. The first-order valence-corrected chi connectivity index (χ1v) is 6.09. The zero-order valence-electron chi connectivity index (χ0n) is 9.03. The molecule has 0 unspecified atom stereocenters. The molecule has 1 aromatic heterocycles. The van der Waals surface area contributed by atoms with Gasteiger partial charge >= 0.3 is 6.03 Å². The summed E-state index contributed by atoms with van der Waals surface area (Å²) in [6.45, 7) is 1.93. The van der Waals surface area contributed by atoms with Gasteiger partial charge in [-0.25, -0.2) is 9.78 Å². The van der Waals surface area contributed by atoms with Crippen molar-refractivity contribution in [1.82, 2.24) is 4.98 Å². The Morgan fingerprint density at radius 3 is 2.88 bits per heavy atom. The number of thiazole rings is 1. The van der Waals surface area contributed by atoms with Crippen LogP contribution in [0.4, 0.5) is 15.6 Å². The lowest BCUT2D eigenvalue weighted by Crippen LogP contribution is -2.19. The number of hydrogen-bond acceptors (Lipinski definition) is 3. The highest BCUT2D eigenvalue weighted by molar-refractivity contribution is 7.15. The van der Waals surface area contributed by atoms with Crippen LogP contribution in [0, 0.1) is 6.92 Å². The third-order valence-corrected chi connectivity index (χ3v) is 2.99. The molecule has 0 aliphatic rings. The van der Waals surface area contributed by atoms with Crippen LogP contribution in [0.15, 0.2) is 30.5 Å². The minimum Gasteiger partial charge on any atom is -0.308 e. The molecule has 0 spiro atoms. The predicted octanol–water partition coefficient (Wildman–Crippen LogP) is 3.75. The lowest BCUT2D eigenvalue weighted by molar-refractivity contribution is 0.262. The number of benzene rings is 1. The van der Waals surface area contributed by atoms with Crippen molar-refractivity contribution in [2.75, 3.05) is 10.6 Å². The summed E-state index contributed by atoms with van der Waals surface area (Å²) < 4.78 is 0. The number of aryl methyl sites for hydroxylation is 1. The monoisotopic (exact) mass is 267 g/mol. The molecular formula is C11H10ClN3OS. The maximum Gasteiger partial charge on any atom is 0.325 e. The van der Waals surface area contributed by atoms with E-state index in [1.807, 2.05) is 6.92 Å². The Bertz CT molecular complexity index is 541. The van der Waals surface area contributed by atoms with Gasteiger partial charge in [-0.05, 0) is 25.1 Å². The summed E-state index contributed by atoms with van der Waals surface area (Å²) >= 11 is 7.23. The molecule has 0 aliphatic heterocycles. The molecular weight excluding hydrogens is 258 g/mol. The number of nitrogens with one attached hydrogen (secondary N) is 2. The van der Waals surface area contributed by atoms with Crippen LogP contribution in [0.3, 0.4) is 0 Å². The number of amides is 2. The SMILES string of the molecule is Cc1cnc(NC(=O)Nc2cccc(Cl)c2)s1. The van der Waals surface area contributed by atoms with Crippen molar-refractivity contribution in [3.63, 3.8) is 0 Å². The Morgan fingerprint density at radius 1 is 1.41 bits per heavy atom. The van der Waals surface area contributed by atoms with Gasteiger partial charge in [-0.2, -0.15) is 0 Å². The molecule has 6 heteroatoms. The maximum absolute atomic E-state index is 11.6. The van der Waals surface area contributed by atoms with E-state index in [9.17, 15) is 4.79 Å². The molecule has 88 valence electrons. The summed E-state index contributed by atoms with van der Waals surface area (Å²) in [4.78, 5) is 16.7. The van der Waals surface area contributed by atoms with Gasteiger partial charge in [0.05, 0.1) is 0 Å². The fraction of sp³-hybridized carbons (Fsp3) is 0.0909. The van der Waals surface area contributed by atoms with Gasteiger partial charge in [0.15, 0.2) is 5.13 Å². The molecule has 2 N–H and O–H groups in total. The van der Waals surface area contributed by atoms with Crippen molar-refractivity contribution in [3.05, 3.63) is 40.4 Å². The van der Waals surface area contributed by atoms with Crippen molar-refractivity contribution < 1.29 is 4.79 Å². The third-order valence-electron chi connectivity index (χ3n) is 1.92. The molecule has 1 heterocycles. The van der Waals surface area contributed by atoms with Crippen LogP contribution in [0.25, 0.3) is 0 Å². The number of hydrogen-bond donors (Lipinski definition) is 2. The molecule has 0 bridgehead atoms. The Labute approximate surface area is 108 Å². The fourth-order valence-corrected chi connectivity index (χ4v) is 2.09. The average molecular weight is 268 g/mol. The second-order valence-corrected chi connectivity index (χ2v) is 5.04. The minimum atomic E-state index is -0.332. The molecule has 1 aromatic carbocycles. The number of carbonyl (C=O) groups is 1. The van der Waals surface area contributed by atoms with Crippen LogP contribution in [0.5, 0.6) is 0 Å². The molecule has 2 amide bonds. The normalized spacial score (nSPS) is 10.0. The highest BCUT2D eigenvalue weighted by Gasteiger charge is 2.05. The van der Waals surface area contributed by atoms with E-state index in [-0.39, 0.29) is 6.03 Å². The van der Waals surface area contributed by atoms with E-state index in [2.05, 4.69) is 15.6 Å². The van der Waals surface area contributed by atoms with Crippen LogP contribution in [0.1, 0.15) is 4.88 Å². The fourth-order valence-electron chi connectivity index (χ4n) is 1.24. The number of anilines is 2. The topological polar surface area (TPSA) is 54.0 Å². The van der Waals surface area contributed by atoms with E-state index in [4.69, 9.17) is 11.6 Å². The molecule has 2 aromatic rings. The summed E-state index contributed by atoms with van der Waals surface area (Å²) in [6.07, 6.45) is 1.71. The van der Waals surface area contributed by atoms with E-state index >= 15 is 0 Å². The minimum absolute atomic E-state index is 0.332. The lowest BCUT2D eigenvalue weighted by atomic mass is 10.3. The smallest absolute Gasteiger partial charge is 0.308 e. The molecule has 0 radical (unpaired) electrons. The lowest BCUT2D eigenvalue weighted by Gasteiger charge is -2.05. The Kier molecular flexibility index (Phi) is 3.61. The van der Waals surface area contributed by atoms with Gasteiger partial charge in [0.25, 0.3) is 0 Å². The summed E-state index contributed by atoms with van der Waals surface area (Å²) in [5, 5.41) is 6.47. The summed E-state index contributed by atoms with van der Waals surface area (Å²) in [7, 11) is 0. The van der Waals surface area contributed by atoms with Crippen molar-refractivity contribution >= 4 is 39.8 Å². The third kappa shape index (κ3) is 3.44. The standard InChI is InChI=1S/C11H10ClN3OS/c1-7-6-13-11(17-7)15-10(16)14-9-4-2-3-8(12)5-9/h2-6H,1H3,(H2,13,14,15,16). The van der Waals surface area contributed by atoms with Crippen molar-refractivity contribution in [2.45, 2.75) is 6.92 Å². The Balaban J connectivity index is 1.98. The van der Waals surface area contributed by atoms with Gasteiger partial charge in [0.1, 0.15) is 0 Å². The summed E-state index contributed by atoms with van der Waals surface area (Å²) in [5.41, 5.74) is 0.642. The van der Waals surface area contributed by atoms with Crippen LogP contribution < -0.4 is 10.6 Å². The first-order chi connectivity index (χ1) is 8.13. The number of carbonyl (C=O) groups excluding carboxylic acids is 1. The van der Waals surface area contributed by atoms with Crippen LogP contribution >= 0.6 is 22.9 Å². The van der Waals surface area contributed by atoms with Gasteiger partial charge in [-0.15, -0.1) is 11.3 Å². The zero-order chi connectivity index (χ0) is 12.3. The Morgan fingerprint density at radius 2 is 2.24 bits per heavy atom. The zero-order valence-corrected chi connectivity index (χ0v) is 10.6. The number of nitrogens with zero attached hydrogens (tertiary/aromatic N) is 1. The number of rotatable bonds is 2. The highest BCUT2D eigenvalue weighted by Crippen LogP contribution is 2.18. The number of urea groups is 1. The number of aromatic nitrogens is 1. The van der Waals surface area contributed by atoms with Gasteiger partial charge in [-0.3, -0.25) is 5.32 Å². The van der Waals surface area contributed by atoms with E-state index in [1.54, 1.807) is 30.5 Å². The van der Waals surface area contributed by atoms with Gasteiger partial charge in [0, 0.05) is 21.8 Å². The molecule has 4 nitrogen and oxygen atoms in total. The van der Waals surface area contributed by atoms with E-state index in [0.717, 1.165) is 4.88 Å². The first kappa shape index (κ1) is 11.9. The first-order valence-electron chi connectivity index (χ1n) is 4.89. The molecule has 0 saturated carbocycles. The van der Waals surface area contributed by atoms with Crippen LogP contribution in [-0.4, -0.2) is 11.0 Å². The van der Waals surface area contributed by atoms with Gasteiger partial charge in [0.2, 0.25) is 0 Å².